The van der Waals surface area contributed by atoms with Gasteiger partial charge in [0.15, 0.2) is 11.5 Å². The van der Waals surface area contributed by atoms with Crippen molar-refractivity contribution < 1.29 is 18.7 Å². The average molecular weight is 676 g/mol. The van der Waals surface area contributed by atoms with Crippen molar-refractivity contribution in [2.24, 2.45) is 0 Å². The van der Waals surface area contributed by atoms with Crippen LogP contribution in [0.4, 0.5) is 10.3 Å². The fourth-order valence-corrected chi connectivity index (χ4v) is 7.88. The van der Waals surface area contributed by atoms with Gasteiger partial charge in [0, 0.05) is 43.7 Å². The number of anilines is 1. The van der Waals surface area contributed by atoms with Crippen LogP contribution in [0.3, 0.4) is 0 Å². The number of hydrogen-bond acceptors (Lipinski definition) is 6. The van der Waals surface area contributed by atoms with Crippen molar-refractivity contribution in [2.45, 2.75) is 38.1 Å². The number of carbonyl (C=O) groups excluding carboxylic acids is 1. The van der Waals surface area contributed by atoms with Gasteiger partial charge in [-0.15, -0.1) is 0 Å². The maximum Gasteiger partial charge on any atom is 0.254 e. The number of benzene rings is 4. The summed E-state index contributed by atoms with van der Waals surface area (Å²) in [4.78, 5) is 26.0. The summed E-state index contributed by atoms with van der Waals surface area (Å²) in [6.07, 6.45) is 2.92. The second-order valence-electron chi connectivity index (χ2n) is 13.7. The van der Waals surface area contributed by atoms with Crippen molar-refractivity contribution in [1.29, 1.82) is 0 Å². The molecule has 4 aromatic carbocycles. The Balaban J connectivity index is 1.06. The van der Waals surface area contributed by atoms with Gasteiger partial charge >= 0.3 is 0 Å². The van der Waals surface area contributed by atoms with Gasteiger partial charge in [-0.1, -0.05) is 54.6 Å². The molecule has 8 nitrogen and oxygen atoms in total. The highest BCUT2D eigenvalue weighted by molar-refractivity contribution is 5.95. The molecule has 0 bridgehead atoms. The number of nitrogens with zero attached hydrogens (tertiary/aromatic N) is 5. The van der Waals surface area contributed by atoms with Gasteiger partial charge in [0.2, 0.25) is 5.95 Å². The molecular formula is C41H46FN5O3. The van der Waals surface area contributed by atoms with Gasteiger partial charge in [-0.05, 0) is 92.4 Å². The molecular weight excluding hydrogens is 629 g/mol. The van der Waals surface area contributed by atoms with E-state index < -0.39 is 0 Å². The van der Waals surface area contributed by atoms with Crippen LogP contribution in [0.15, 0.2) is 91.0 Å². The number of amides is 1. The van der Waals surface area contributed by atoms with Crippen LogP contribution in [-0.4, -0.2) is 85.3 Å². The smallest absolute Gasteiger partial charge is 0.254 e. The largest absolute Gasteiger partial charge is 0.493 e. The normalized spacial score (nSPS) is 18.4. The Hall–Kier alpha value is -4.89. The van der Waals surface area contributed by atoms with E-state index >= 15 is 0 Å². The molecule has 7 rings (SSSR count). The first kappa shape index (κ1) is 33.6. The second-order valence-corrected chi connectivity index (χ2v) is 13.7. The van der Waals surface area contributed by atoms with E-state index in [9.17, 15) is 9.18 Å². The van der Waals surface area contributed by atoms with E-state index in [1.54, 1.807) is 20.3 Å². The van der Waals surface area contributed by atoms with Gasteiger partial charge in [0.25, 0.3) is 5.91 Å². The molecule has 0 aliphatic carbocycles. The maximum atomic E-state index is 13.9. The summed E-state index contributed by atoms with van der Waals surface area (Å²) < 4.78 is 27.0. The Kier molecular flexibility index (Phi) is 9.76. The highest BCUT2D eigenvalue weighted by Crippen LogP contribution is 2.40. The lowest BCUT2D eigenvalue weighted by molar-refractivity contribution is 0.0780. The highest BCUT2D eigenvalue weighted by Gasteiger charge is 2.42. The third-order valence-corrected chi connectivity index (χ3v) is 10.6. The Labute approximate surface area is 294 Å². The molecule has 2 aliphatic heterocycles. The molecule has 1 aromatic heterocycles. The van der Waals surface area contributed by atoms with Crippen molar-refractivity contribution in [2.75, 3.05) is 64.9 Å². The van der Waals surface area contributed by atoms with E-state index in [0.717, 1.165) is 80.1 Å². The molecule has 9 heteroatoms. The van der Waals surface area contributed by atoms with Gasteiger partial charge in [-0.3, -0.25) is 4.79 Å². The van der Waals surface area contributed by atoms with Crippen molar-refractivity contribution in [1.82, 2.24) is 19.4 Å². The number of aryl methyl sites for hydroxylation is 1. The summed E-state index contributed by atoms with van der Waals surface area (Å²) in [6.45, 7) is 8.63. The Bertz CT molecular complexity index is 1950. The van der Waals surface area contributed by atoms with Crippen molar-refractivity contribution in [3.63, 3.8) is 0 Å². The first-order valence-electron chi connectivity index (χ1n) is 17.6. The van der Waals surface area contributed by atoms with Crippen LogP contribution in [0.1, 0.15) is 46.3 Å². The van der Waals surface area contributed by atoms with E-state index in [-0.39, 0.29) is 17.1 Å². The monoisotopic (exact) mass is 675 g/mol. The molecule has 0 spiro atoms. The molecule has 5 aromatic rings. The summed E-state index contributed by atoms with van der Waals surface area (Å²) in [7, 11) is 3.23. The number of para-hydroxylation sites is 2. The van der Waals surface area contributed by atoms with Crippen molar-refractivity contribution in [3.8, 4) is 11.5 Å². The Morgan fingerprint density at radius 2 is 1.66 bits per heavy atom. The molecule has 0 radical (unpaired) electrons. The zero-order chi connectivity index (χ0) is 34.7. The van der Waals surface area contributed by atoms with Gasteiger partial charge in [-0.2, -0.15) is 0 Å². The van der Waals surface area contributed by atoms with Gasteiger partial charge in [0.05, 0.1) is 31.8 Å². The molecule has 2 aliphatic rings. The molecule has 1 amide bonds. The predicted molar refractivity (Wildman–Crippen MR) is 196 cm³/mol. The summed E-state index contributed by atoms with van der Waals surface area (Å²) in [5.74, 6) is 2.00. The lowest BCUT2D eigenvalue weighted by Crippen LogP contribution is -2.39. The Morgan fingerprint density at radius 3 is 2.44 bits per heavy atom. The van der Waals surface area contributed by atoms with E-state index in [1.807, 2.05) is 42.2 Å². The number of halogens is 1. The zero-order valence-corrected chi connectivity index (χ0v) is 29.3. The van der Waals surface area contributed by atoms with Crippen LogP contribution < -0.4 is 14.4 Å². The van der Waals surface area contributed by atoms with E-state index in [1.165, 1.54) is 17.7 Å². The SMILES string of the molecule is COc1cc(C(=O)N2CCC(CCN3CCCN(c4nc5ccccc5n4Cc4ccc(F)cc4)CC3)(c3ccccc3)C2)cc(C)c1OC. The molecule has 1 unspecified atom stereocenters. The minimum Gasteiger partial charge on any atom is -0.493 e. The van der Waals surface area contributed by atoms with Crippen LogP contribution in [0.25, 0.3) is 11.0 Å². The first-order chi connectivity index (χ1) is 24.4. The van der Waals surface area contributed by atoms with E-state index in [4.69, 9.17) is 14.5 Å². The average Bonchev–Trinajstić information content (AvgIpc) is 3.66. The summed E-state index contributed by atoms with van der Waals surface area (Å²) in [5.41, 5.74) is 5.78. The number of ether oxygens (including phenoxy) is 2. The molecule has 1 atom stereocenters. The summed E-state index contributed by atoms with van der Waals surface area (Å²) in [5, 5.41) is 0. The molecule has 260 valence electrons. The molecule has 2 fully saturated rings. The number of aromatic nitrogens is 2. The Morgan fingerprint density at radius 1 is 0.880 bits per heavy atom. The van der Waals surface area contributed by atoms with Crippen molar-refractivity contribution >= 4 is 22.9 Å². The minimum absolute atomic E-state index is 0.0285. The minimum atomic E-state index is -0.226. The number of rotatable bonds is 10. The molecule has 0 saturated carbocycles. The standard InChI is InChI=1S/C41H46FN5O3/c1-30-26-32(27-37(49-2)38(30)50-3)39(48)46-23-19-41(29-46,33-10-5-4-6-11-33)18-22-44-20-9-21-45(25-24-44)40-43-35-12-7-8-13-36(35)47(40)28-31-14-16-34(42)17-15-31/h4-8,10-17,26-27H,9,18-25,28-29H2,1-3H3. The molecule has 3 heterocycles. The predicted octanol–water partition coefficient (Wildman–Crippen LogP) is 6.94. The van der Waals surface area contributed by atoms with Crippen molar-refractivity contribution in [3.05, 3.63) is 119 Å². The van der Waals surface area contributed by atoms with Gasteiger partial charge in [0.1, 0.15) is 5.82 Å². The number of hydrogen-bond donors (Lipinski definition) is 0. The van der Waals surface area contributed by atoms with Crippen LogP contribution in [-0.2, 0) is 12.0 Å². The number of likely N-dealkylation sites (tertiary alicyclic amines) is 1. The van der Waals surface area contributed by atoms with E-state index in [2.05, 4.69) is 56.8 Å². The highest BCUT2D eigenvalue weighted by atomic mass is 19.1. The summed E-state index contributed by atoms with van der Waals surface area (Å²) in [6, 6.07) is 29.5. The summed E-state index contributed by atoms with van der Waals surface area (Å²) >= 11 is 0. The van der Waals surface area contributed by atoms with Gasteiger partial charge < -0.3 is 28.7 Å². The third kappa shape index (κ3) is 6.79. The lowest BCUT2D eigenvalue weighted by Gasteiger charge is -2.33. The van der Waals surface area contributed by atoms with Crippen LogP contribution in [0.2, 0.25) is 0 Å². The van der Waals surface area contributed by atoms with E-state index in [0.29, 0.717) is 36.7 Å². The number of fused-ring (bicyclic) bond motifs is 1. The topological polar surface area (TPSA) is 63.1 Å². The first-order valence-corrected chi connectivity index (χ1v) is 17.6. The lowest BCUT2D eigenvalue weighted by atomic mass is 9.76. The number of carbonyl (C=O) groups is 1. The maximum absolute atomic E-state index is 13.9. The zero-order valence-electron chi connectivity index (χ0n) is 29.3. The van der Waals surface area contributed by atoms with Crippen LogP contribution in [0, 0.1) is 12.7 Å². The third-order valence-electron chi connectivity index (χ3n) is 10.6. The van der Waals surface area contributed by atoms with Gasteiger partial charge in [-0.25, -0.2) is 9.37 Å². The van der Waals surface area contributed by atoms with Crippen LogP contribution >= 0.6 is 0 Å². The fourth-order valence-electron chi connectivity index (χ4n) is 7.88. The number of methoxy groups -OCH3 is 2. The number of imidazole rings is 1. The molecule has 2 saturated heterocycles. The molecule has 0 N–H and O–H groups in total. The molecule has 50 heavy (non-hydrogen) atoms. The quantitative estimate of drug-likeness (QED) is 0.160. The second kappa shape index (κ2) is 14.5. The fraction of sp³-hybridized carbons (Fsp3) is 0.366. The van der Waals surface area contributed by atoms with Crippen LogP contribution in [0.5, 0.6) is 11.5 Å².